The Labute approximate surface area is 140 Å². The largest absolute Gasteiger partial charge is 0.494 e. The average Bonchev–Trinajstić information content (AvgIpc) is 3.03. The number of hydrogen-bond acceptors (Lipinski definition) is 6. The van der Waals surface area contributed by atoms with Crippen molar-refractivity contribution in [2.75, 3.05) is 12.4 Å². The topological polar surface area (TPSA) is 77.2 Å². The van der Waals surface area contributed by atoms with Gasteiger partial charge < -0.3 is 14.5 Å². The molecule has 0 saturated carbocycles. The first kappa shape index (κ1) is 17.3. The summed E-state index contributed by atoms with van der Waals surface area (Å²) in [4.78, 5) is 11.7. The Hall–Kier alpha value is -2.02. The number of nitrogens with one attached hydrogen (secondary N) is 1. The minimum atomic E-state index is -0.0369. The number of aromatic nitrogens is 2. The molecule has 124 valence electrons. The molecule has 0 aliphatic heterocycles. The molecule has 6 nitrogen and oxygen atoms in total. The van der Waals surface area contributed by atoms with Crippen LogP contribution in [-0.4, -0.2) is 34.5 Å². The lowest BCUT2D eigenvalue weighted by Crippen LogP contribution is -2.33. The van der Waals surface area contributed by atoms with Crippen LogP contribution >= 0.6 is 11.8 Å². The predicted molar refractivity (Wildman–Crippen MR) is 89.5 cm³/mol. The second-order valence-corrected chi connectivity index (χ2v) is 5.92. The molecule has 0 unspecified atom stereocenters. The molecular weight excluding hydrogens is 314 g/mol. The van der Waals surface area contributed by atoms with Crippen molar-refractivity contribution in [2.45, 2.75) is 38.5 Å². The molecule has 7 heteroatoms. The molecule has 1 N–H and O–H groups in total. The minimum Gasteiger partial charge on any atom is -0.494 e. The van der Waals surface area contributed by atoms with Gasteiger partial charge in [0.1, 0.15) is 5.75 Å². The second kappa shape index (κ2) is 8.57. The van der Waals surface area contributed by atoms with E-state index in [1.807, 2.05) is 45.0 Å². The van der Waals surface area contributed by atoms with Gasteiger partial charge in [0.15, 0.2) is 0 Å². The fourth-order valence-electron chi connectivity index (χ4n) is 1.79. The van der Waals surface area contributed by atoms with Crippen molar-refractivity contribution in [1.82, 2.24) is 15.5 Å². The van der Waals surface area contributed by atoms with Crippen LogP contribution < -0.4 is 10.1 Å². The molecule has 2 rings (SSSR count). The Morgan fingerprint density at radius 3 is 2.70 bits per heavy atom. The number of amides is 1. The highest BCUT2D eigenvalue weighted by molar-refractivity contribution is 7.99. The van der Waals surface area contributed by atoms with Gasteiger partial charge in [-0.05, 0) is 44.5 Å². The third-order valence-corrected chi connectivity index (χ3v) is 3.98. The third kappa shape index (κ3) is 5.28. The van der Waals surface area contributed by atoms with Gasteiger partial charge in [-0.25, -0.2) is 0 Å². The number of benzene rings is 1. The average molecular weight is 335 g/mol. The van der Waals surface area contributed by atoms with E-state index in [2.05, 4.69) is 15.5 Å². The summed E-state index contributed by atoms with van der Waals surface area (Å²) in [6.07, 6.45) is 0.902. The van der Waals surface area contributed by atoms with Crippen molar-refractivity contribution in [3.63, 3.8) is 0 Å². The van der Waals surface area contributed by atoms with E-state index in [1.165, 1.54) is 11.8 Å². The zero-order chi connectivity index (χ0) is 16.7. The van der Waals surface area contributed by atoms with Gasteiger partial charge >= 0.3 is 0 Å². The molecule has 1 aromatic carbocycles. The van der Waals surface area contributed by atoms with Gasteiger partial charge in [-0.15, -0.1) is 10.2 Å². The SMILES string of the molecule is CCOc1ccc(-c2nnc(SCC(=O)N[C@@H](C)CC)o2)cc1. The predicted octanol–water partition coefficient (Wildman–Crippen LogP) is 3.14. The van der Waals surface area contributed by atoms with Gasteiger partial charge in [-0.1, -0.05) is 18.7 Å². The number of nitrogens with zero attached hydrogens (tertiary/aromatic N) is 2. The Bertz CT molecular complexity index is 628. The molecule has 1 amide bonds. The van der Waals surface area contributed by atoms with Crippen molar-refractivity contribution >= 4 is 17.7 Å². The lowest BCUT2D eigenvalue weighted by Gasteiger charge is -2.09. The number of rotatable bonds is 8. The van der Waals surface area contributed by atoms with Gasteiger partial charge in [0, 0.05) is 11.6 Å². The molecule has 1 atom stereocenters. The van der Waals surface area contributed by atoms with E-state index in [0.717, 1.165) is 17.7 Å². The van der Waals surface area contributed by atoms with Crippen molar-refractivity contribution in [3.8, 4) is 17.2 Å². The van der Waals surface area contributed by atoms with E-state index < -0.39 is 0 Å². The summed E-state index contributed by atoms with van der Waals surface area (Å²) in [5.74, 6) is 1.45. The highest BCUT2D eigenvalue weighted by Gasteiger charge is 2.12. The second-order valence-electron chi connectivity index (χ2n) is 5.00. The molecule has 1 aromatic heterocycles. The molecule has 0 radical (unpaired) electrons. The molecule has 0 aliphatic carbocycles. The minimum absolute atomic E-state index is 0.0369. The smallest absolute Gasteiger partial charge is 0.277 e. The molecule has 0 saturated heterocycles. The summed E-state index contributed by atoms with van der Waals surface area (Å²) < 4.78 is 11.0. The maximum Gasteiger partial charge on any atom is 0.277 e. The third-order valence-electron chi connectivity index (χ3n) is 3.17. The molecule has 0 aliphatic rings. The van der Waals surface area contributed by atoms with E-state index in [9.17, 15) is 4.79 Å². The fraction of sp³-hybridized carbons (Fsp3) is 0.438. The first-order valence-electron chi connectivity index (χ1n) is 7.61. The molecule has 0 spiro atoms. The normalized spacial score (nSPS) is 12.0. The fourth-order valence-corrected chi connectivity index (χ4v) is 2.37. The van der Waals surface area contributed by atoms with Gasteiger partial charge in [0.2, 0.25) is 11.8 Å². The Kier molecular flexibility index (Phi) is 6.46. The van der Waals surface area contributed by atoms with Crippen molar-refractivity contribution < 1.29 is 13.9 Å². The molecule has 23 heavy (non-hydrogen) atoms. The number of carbonyl (C=O) groups excluding carboxylic acids is 1. The van der Waals surface area contributed by atoms with Crippen molar-refractivity contribution in [1.29, 1.82) is 0 Å². The summed E-state index contributed by atoms with van der Waals surface area (Å²) in [5, 5.41) is 11.2. The van der Waals surface area contributed by atoms with Crippen LogP contribution in [-0.2, 0) is 4.79 Å². The number of ether oxygens (including phenoxy) is 1. The van der Waals surface area contributed by atoms with Crippen LogP contribution in [0.3, 0.4) is 0 Å². The highest BCUT2D eigenvalue weighted by Crippen LogP contribution is 2.24. The van der Waals surface area contributed by atoms with Crippen LogP contribution in [0, 0.1) is 0 Å². The Morgan fingerprint density at radius 1 is 1.30 bits per heavy atom. The van der Waals surface area contributed by atoms with Gasteiger partial charge in [0.25, 0.3) is 5.22 Å². The van der Waals surface area contributed by atoms with E-state index in [1.54, 1.807) is 0 Å². The van der Waals surface area contributed by atoms with Crippen LogP contribution in [0.4, 0.5) is 0 Å². The van der Waals surface area contributed by atoms with E-state index in [0.29, 0.717) is 17.7 Å². The summed E-state index contributed by atoms with van der Waals surface area (Å²) in [6.45, 7) is 6.56. The maximum absolute atomic E-state index is 11.7. The van der Waals surface area contributed by atoms with Crippen LogP contribution in [0.2, 0.25) is 0 Å². The van der Waals surface area contributed by atoms with E-state index >= 15 is 0 Å². The van der Waals surface area contributed by atoms with Gasteiger partial charge in [-0.2, -0.15) is 0 Å². The lowest BCUT2D eigenvalue weighted by atomic mass is 10.2. The Morgan fingerprint density at radius 2 is 2.04 bits per heavy atom. The van der Waals surface area contributed by atoms with Crippen LogP contribution in [0.1, 0.15) is 27.2 Å². The molecule has 0 fully saturated rings. The summed E-state index contributed by atoms with van der Waals surface area (Å²) in [6, 6.07) is 7.61. The maximum atomic E-state index is 11.7. The highest BCUT2D eigenvalue weighted by atomic mass is 32.2. The van der Waals surface area contributed by atoms with E-state index in [4.69, 9.17) is 9.15 Å². The quantitative estimate of drug-likeness (QED) is 0.747. The molecular formula is C16H21N3O3S. The number of carbonyl (C=O) groups is 1. The van der Waals surface area contributed by atoms with Crippen LogP contribution in [0.25, 0.3) is 11.5 Å². The lowest BCUT2D eigenvalue weighted by molar-refractivity contribution is -0.119. The van der Waals surface area contributed by atoms with Crippen LogP contribution in [0.5, 0.6) is 5.75 Å². The summed E-state index contributed by atoms with van der Waals surface area (Å²) >= 11 is 1.23. The number of thioether (sulfide) groups is 1. The number of hydrogen-bond donors (Lipinski definition) is 1. The van der Waals surface area contributed by atoms with Gasteiger partial charge in [-0.3, -0.25) is 4.79 Å². The summed E-state index contributed by atoms with van der Waals surface area (Å²) in [7, 11) is 0. The molecule has 1 heterocycles. The van der Waals surface area contributed by atoms with Gasteiger partial charge in [0.05, 0.1) is 12.4 Å². The first-order valence-corrected chi connectivity index (χ1v) is 8.59. The van der Waals surface area contributed by atoms with E-state index in [-0.39, 0.29) is 17.7 Å². The Balaban J connectivity index is 1.91. The zero-order valence-corrected chi connectivity index (χ0v) is 14.4. The molecule has 0 bridgehead atoms. The van der Waals surface area contributed by atoms with Crippen molar-refractivity contribution in [3.05, 3.63) is 24.3 Å². The van der Waals surface area contributed by atoms with Crippen molar-refractivity contribution in [2.24, 2.45) is 0 Å². The molecule has 2 aromatic rings. The first-order chi connectivity index (χ1) is 11.1. The zero-order valence-electron chi connectivity index (χ0n) is 13.5. The van der Waals surface area contributed by atoms with Crippen LogP contribution in [0.15, 0.2) is 33.9 Å². The monoisotopic (exact) mass is 335 g/mol. The standard InChI is InChI=1S/C16H21N3O3S/c1-4-11(3)17-14(20)10-23-16-19-18-15(22-16)12-6-8-13(9-7-12)21-5-2/h6-9,11H,4-5,10H2,1-3H3,(H,17,20)/t11-/m0/s1. The summed E-state index contributed by atoms with van der Waals surface area (Å²) in [5.41, 5.74) is 0.817.